The van der Waals surface area contributed by atoms with Crippen LogP contribution in [0.1, 0.15) is 31.4 Å². The van der Waals surface area contributed by atoms with Crippen molar-refractivity contribution in [1.82, 2.24) is 10.3 Å². The quantitative estimate of drug-likeness (QED) is 0.863. The third-order valence-electron chi connectivity index (χ3n) is 3.56. The molecule has 0 spiro atoms. The maximum Gasteiger partial charge on any atom is 0.306 e. The SMILES string of the molecule is O=C(O)C1CCCC(C(=O)NCc2ccccn2)C1. The molecule has 1 heterocycles. The number of aliphatic carboxylic acids is 1. The Balaban J connectivity index is 1.84. The number of aromatic nitrogens is 1. The van der Waals surface area contributed by atoms with Gasteiger partial charge in [0.15, 0.2) is 0 Å². The Labute approximate surface area is 112 Å². The number of nitrogens with zero attached hydrogens (tertiary/aromatic N) is 1. The molecular formula is C14H18N2O3. The lowest BCUT2D eigenvalue weighted by molar-refractivity contribution is -0.144. The first-order valence-corrected chi connectivity index (χ1v) is 6.57. The van der Waals surface area contributed by atoms with Gasteiger partial charge in [0, 0.05) is 12.1 Å². The van der Waals surface area contributed by atoms with Crippen molar-refractivity contribution in [2.75, 3.05) is 0 Å². The van der Waals surface area contributed by atoms with E-state index in [9.17, 15) is 9.59 Å². The van der Waals surface area contributed by atoms with E-state index < -0.39 is 5.97 Å². The highest BCUT2D eigenvalue weighted by Crippen LogP contribution is 2.29. The molecule has 1 aliphatic carbocycles. The summed E-state index contributed by atoms with van der Waals surface area (Å²) in [4.78, 5) is 27.1. The van der Waals surface area contributed by atoms with E-state index in [4.69, 9.17) is 5.11 Å². The van der Waals surface area contributed by atoms with Gasteiger partial charge in [0.2, 0.25) is 5.91 Å². The fraction of sp³-hybridized carbons (Fsp3) is 0.500. The van der Waals surface area contributed by atoms with Crippen molar-refractivity contribution < 1.29 is 14.7 Å². The largest absolute Gasteiger partial charge is 0.481 e. The minimum Gasteiger partial charge on any atom is -0.481 e. The first kappa shape index (κ1) is 13.5. The van der Waals surface area contributed by atoms with Gasteiger partial charge in [0.1, 0.15) is 0 Å². The molecule has 2 N–H and O–H groups in total. The molecule has 102 valence electrons. The molecular weight excluding hydrogens is 244 g/mol. The van der Waals surface area contributed by atoms with Gasteiger partial charge in [-0.1, -0.05) is 12.5 Å². The zero-order valence-corrected chi connectivity index (χ0v) is 10.7. The van der Waals surface area contributed by atoms with Crippen molar-refractivity contribution in [3.8, 4) is 0 Å². The Morgan fingerprint density at radius 2 is 2.11 bits per heavy atom. The standard InChI is InChI=1S/C14H18N2O3/c17-13(16-9-12-6-1-2-7-15-12)10-4-3-5-11(8-10)14(18)19/h1-2,6-7,10-11H,3-5,8-9H2,(H,16,17)(H,18,19). The molecule has 1 aliphatic rings. The third kappa shape index (κ3) is 3.77. The second-order valence-electron chi connectivity index (χ2n) is 4.94. The minimum atomic E-state index is -0.790. The predicted molar refractivity (Wildman–Crippen MR) is 69.2 cm³/mol. The van der Waals surface area contributed by atoms with E-state index in [0.717, 1.165) is 18.5 Å². The number of rotatable bonds is 4. The number of carboxylic acid groups (broad SMARTS) is 1. The van der Waals surface area contributed by atoms with Gasteiger partial charge in [-0.05, 0) is 31.4 Å². The van der Waals surface area contributed by atoms with Crippen LogP contribution in [0.15, 0.2) is 24.4 Å². The van der Waals surface area contributed by atoms with Crippen LogP contribution in [0.2, 0.25) is 0 Å². The van der Waals surface area contributed by atoms with Gasteiger partial charge in [-0.15, -0.1) is 0 Å². The molecule has 5 heteroatoms. The summed E-state index contributed by atoms with van der Waals surface area (Å²) in [6.45, 7) is 0.397. The molecule has 0 radical (unpaired) electrons. The summed E-state index contributed by atoms with van der Waals surface area (Å²) in [5, 5.41) is 11.8. The van der Waals surface area contributed by atoms with E-state index in [0.29, 0.717) is 19.4 Å². The zero-order valence-electron chi connectivity index (χ0n) is 10.7. The summed E-state index contributed by atoms with van der Waals surface area (Å²) < 4.78 is 0. The first-order valence-electron chi connectivity index (χ1n) is 6.57. The Morgan fingerprint density at radius 1 is 1.32 bits per heavy atom. The van der Waals surface area contributed by atoms with Gasteiger partial charge in [0.25, 0.3) is 0 Å². The Kier molecular flexibility index (Phi) is 4.49. The summed E-state index contributed by atoms with van der Waals surface area (Å²) in [6.07, 6.45) is 4.39. The highest BCUT2D eigenvalue weighted by Gasteiger charge is 2.30. The van der Waals surface area contributed by atoms with Crippen molar-refractivity contribution >= 4 is 11.9 Å². The molecule has 1 aromatic heterocycles. The summed E-state index contributed by atoms with van der Waals surface area (Å²) in [7, 11) is 0. The van der Waals surface area contributed by atoms with Crippen LogP contribution < -0.4 is 5.32 Å². The van der Waals surface area contributed by atoms with Crippen LogP contribution in [-0.4, -0.2) is 22.0 Å². The fourth-order valence-electron chi connectivity index (χ4n) is 2.48. The average Bonchev–Trinajstić information content (AvgIpc) is 2.46. The fourth-order valence-corrected chi connectivity index (χ4v) is 2.48. The third-order valence-corrected chi connectivity index (χ3v) is 3.56. The number of hydrogen-bond acceptors (Lipinski definition) is 3. The zero-order chi connectivity index (χ0) is 13.7. The van der Waals surface area contributed by atoms with Crippen LogP contribution in [0.25, 0.3) is 0 Å². The van der Waals surface area contributed by atoms with Gasteiger partial charge >= 0.3 is 5.97 Å². The van der Waals surface area contributed by atoms with Gasteiger partial charge < -0.3 is 10.4 Å². The lowest BCUT2D eigenvalue weighted by Crippen LogP contribution is -2.35. The molecule has 1 amide bonds. The molecule has 0 bridgehead atoms. The molecule has 1 saturated carbocycles. The monoisotopic (exact) mass is 262 g/mol. The average molecular weight is 262 g/mol. The van der Waals surface area contributed by atoms with Gasteiger partial charge in [0.05, 0.1) is 18.2 Å². The Bertz CT molecular complexity index is 447. The smallest absolute Gasteiger partial charge is 0.306 e. The summed E-state index contributed by atoms with van der Waals surface area (Å²) >= 11 is 0. The van der Waals surface area contributed by atoms with E-state index in [2.05, 4.69) is 10.3 Å². The first-order chi connectivity index (χ1) is 9.16. The van der Waals surface area contributed by atoms with Crippen LogP contribution in [-0.2, 0) is 16.1 Å². The van der Waals surface area contributed by atoms with Crippen LogP contribution in [0, 0.1) is 11.8 Å². The molecule has 1 fully saturated rings. The number of amides is 1. The number of nitrogens with one attached hydrogen (secondary N) is 1. The minimum absolute atomic E-state index is 0.0587. The van der Waals surface area contributed by atoms with Crippen molar-refractivity contribution in [1.29, 1.82) is 0 Å². The van der Waals surface area contributed by atoms with Crippen LogP contribution >= 0.6 is 0 Å². The molecule has 2 rings (SSSR count). The van der Waals surface area contributed by atoms with Crippen molar-refractivity contribution in [2.24, 2.45) is 11.8 Å². The normalized spacial score (nSPS) is 22.7. The van der Waals surface area contributed by atoms with E-state index in [1.54, 1.807) is 6.20 Å². The van der Waals surface area contributed by atoms with E-state index in [1.165, 1.54) is 0 Å². The molecule has 0 saturated heterocycles. The maximum atomic E-state index is 12.0. The topological polar surface area (TPSA) is 79.3 Å². The predicted octanol–water partition coefficient (Wildman–Crippen LogP) is 1.59. The maximum absolute atomic E-state index is 12.0. The van der Waals surface area contributed by atoms with E-state index >= 15 is 0 Å². The van der Waals surface area contributed by atoms with Crippen LogP contribution in [0.4, 0.5) is 0 Å². The Morgan fingerprint density at radius 3 is 2.79 bits per heavy atom. The van der Waals surface area contributed by atoms with Gasteiger partial charge in [-0.25, -0.2) is 0 Å². The molecule has 5 nitrogen and oxygen atoms in total. The van der Waals surface area contributed by atoms with Crippen molar-refractivity contribution in [3.63, 3.8) is 0 Å². The Hall–Kier alpha value is -1.91. The second kappa shape index (κ2) is 6.31. The van der Waals surface area contributed by atoms with Crippen LogP contribution in [0.3, 0.4) is 0 Å². The second-order valence-corrected chi connectivity index (χ2v) is 4.94. The number of pyridine rings is 1. The van der Waals surface area contributed by atoms with Gasteiger partial charge in [-0.2, -0.15) is 0 Å². The molecule has 0 aliphatic heterocycles. The lowest BCUT2D eigenvalue weighted by Gasteiger charge is -2.25. The van der Waals surface area contributed by atoms with Gasteiger partial charge in [-0.3, -0.25) is 14.6 Å². The summed E-state index contributed by atoms with van der Waals surface area (Å²) in [5.41, 5.74) is 0.807. The number of hydrogen-bond donors (Lipinski definition) is 2. The molecule has 1 aromatic rings. The van der Waals surface area contributed by atoms with Crippen molar-refractivity contribution in [3.05, 3.63) is 30.1 Å². The van der Waals surface area contributed by atoms with E-state index in [-0.39, 0.29) is 17.7 Å². The van der Waals surface area contributed by atoms with Crippen LogP contribution in [0.5, 0.6) is 0 Å². The van der Waals surface area contributed by atoms with Crippen molar-refractivity contribution in [2.45, 2.75) is 32.2 Å². The molecule has 2 atom stereocenters. The number of carbonyl (C=O) groups is 2. The molecule has 19 heavy (non-hydrogen) atoms. The highest BCUT2D eigenvalue weighted by molar-refractivity contribution is 5.80. The molecule has 2 unspecified atom stereocenters. The lowest BCUT2D eigenvalue weighted by atomic mass is 9.81. The highest BCUT2D eigenvalue weighted by atomic mass is 16.4. The summed E-state index contributed by atoms with van der Waals surface area (Å²) in [6, 6.07) is 5.54. The summed E-state index contributed by atoms with van der Waals surface area (Å²) in [5.74, 6) is -1.41. The van der Waals surface area contributed by atoms with E-state index in [1.807, 2.05) is 18.2 Å². The number of carboxylic acids is 1. The number of carbonyl (C=O) groups excluding carboxylic acids is 1. The molecule has 0 aromatic carbocycles.